The highest BCUT2D eigenvalue weighted by Gasteiger charge is 2.31. The Labute approximate surface area is 136 Å². The lowest BCUT2D eigenvalue weighted by atomic mass is 10.1. The van der Waals surface area contributed by atoms with Crippen LogP contribution in [-0.4, -0.2) is 40.3 Å². The summed E-state index contributed by atoms with van der Waals surface area (Å²) in [6, 6.07) is 0. The van der Waals surface area contributed by atoms with Gasteiger partial charge < -0.3 is 14.2 Å². The number of esters is 2. The molecule has 2 rings (SSSR count). The number of hydrogen-bond donors (Lipinski definition) is 1. The molecule has 130 valence electrons. The van der Waals surface area contributed by atoms with Crippen LogP contribution in [0, 0.1) is 6.92 Å². The van der Waals surface area contributed by atoms with E-state index in [2.05, 4.69) is 4.98 Å². The fourth-order valence-electron chi connectivity index (χ4n) is 2.20. The van der Waals surface area contributed by atoms with Crippen LogP contribution in [0.3, 0.4) is 0 Å². The third kappa shape index (κ3) is 4.19. The fraction of sp³-hybridized carbons (Fsp3) is 0.467. The van der Waals surface area contributed by atoms with Crippen molar-refractivity contribution in [2.75, 3.05) is 6.61 Å². The highest BCUT2D eigenvalue weighted by Crippen LogP contribution is 2.22. The Kier molecular flexibility index (Phi) is 5.35. The standard InChI is InChI=1S/C15H18N2O7/c1-8-6-17(15(21)16-14(8)20)13-5-4-11(23-10(3)19)12(24-13)7-22-9(2)18/h4-6,11-13H,7H2,1-3H3,(H,16,20,21)/t11-,12-,13+/m1/s1. The quantitative estimate of drug-likeness (QED) is 0.596. The Morgan fingerprint density at radius 1 is 1.25 bits per heavy atom. The second-order valence-electron chi connectivity index (χ2n) is 5.31. The molecule has 0 saturated heterocycles. The zero-order chi connectivity index (χ0) is 17.9. The first kappa shape index (κ1) is 17.7. The van der Waals surface area contributed by atoms with Gasteiger partial charge in [-0.25, -0.2) is 4.79 Å². The van der Waals surface area contributed by atoms with Gasteiger partial charge in [-0.2, -0.15) is 0 Å². The van der Waals surface area contributed by atoms with E-state index >= 15 is 0 Å². The zero-order valence-corrected chi connectivity index (χ0v) is 13.5. The molecule has 0 radical (unpaired) electrons. The molecule has 1 aliphatic rings. The number of aromatic amines is 1. The number of hydrogen-bond acceptors (Lipinski definition) is 7. The topological polar surface area (TPSA) is 117 Å². The van der Waals surface area contributed by atoms with Gasteiger partial charge in [0.1, 0.15) is 18.8 Å². The molecule has 1 N–H and O–H groups in total. The number of H-pyrrole nitrogens is 1. The zero-order valence-electron chi connectivity index (χ0n) is 13.5. The third-order valence-corrected chi connectivity index (χ3v) is 3.32. The minimum absolute atomic E-state index is 0.148. The molecule has 0 unspecified atom stereocenters. The smallest absolute Gasteiger partial charge is 0.330 e. The van der Waals surface area contributed by atoms with Crippen LogP contribution in [-0.2, 0) is 23.8 Å². The second-order valence-corrected chi connectivity index (χ2v) is 5.31. The van der Waals surface area contributed by atoms with Crippen LogP contribution in [0.1, 0.15) is 25.6 Å². The SMILES string of the molecule is CC(=O)OC[C@H]1O[C@H](n2cc(C)c(=O)[nH]c2=O)C=C[C@H]1OC(C)=O. The lowest BCUT2D eigenvalue weighted by Gasteiger charge is -2.32. The van der Waals surface area contributed by atoms with E-state index in [9.17, 15) is 19.2 Å². The van der Waals surface area contributed by atoms with Crippen molar-refractivity contribution >= 4 is 11.9 Å². The normalized spacial score (nSPS) is 22.9. The van der Waals surface area contributed by atoms with E-state index in [0.29, 0.717) is 5.56 Å². The molecule has 0 saturated carbocycles. The average Bonchev–Trinajstić information content (AvgIpc) is 2.49. The molecular weight excluding hydrogens is 320 g/mol. The first-order valence-corrected chi connectivity index (χ1v) is 7.24. The van der Waals surface area contributed by atoms with Gasteiger partial charge in [0.25, 0.3) is 5.56 Å². The largest absolute Gasteiger partial charge is 0.463 e. The monoisotopic (exact) mass is 338 g/mol. The summed E-state index contributed by atoms with van der Waals surface area (Å²) < 4.78 is 16.9. The maximum Gasteiger partial charge on any atom is 0.330 e. The predicted molar refractivity (Wildman–Crippen MR) is 81.3 cm³/mol. The maximum absolute atomic E-state index is 11.9. The van der Waals surface area contributed by atoms with Gasteiger partial charge in [0.15, 0.2) is 6.23 Å². The summed E-state index contributed by atoms with van der Waals surface area (Å²) in [7, 11) is 0. The predicted octanol–water partition coefficient (Wildman–Crippen LogP) is -0.207. The van der Waals surface area contributed by atoms with E-state index in [1.165, 1.54) is 30.7 Å². The first-order valence-electron chi connectivity index (χ1n) is 7.24. The Hall–Kier alpha value is -2.68. The number of rotatable bonds is 4. The van der Waals surface area contributed by atoms with Gasteiger partial charge in [-0.1, -0.05) is 0 Å². The summed E-state index contributed by atoms with van der Waals surface area (Å²) in [5.74, 6) is -1.03. The van der Waals surface area contributed by atoms with Gasteiger partial charge in [-0.15, -0.1) is 0 Å². The number of nitrogens with zero attached hydrogens (tertiary/aromatic N) is 1. The van der Waals surface area contributed by atoms with Gasteiger partial charge in [0.2, 0.25) is 0 Å². The second kappa shape index (κ2) is 7.26. The number of nitrogens with one attached hydrogen (secondary N) is 1. The van der Waals surface area contributed by atoms with Gasteiger partial charge >= 0.3 is 17.6 Å². The summed E-state index contributed by atoms with van der Waals surface area (Å²) in [6.45, 7) is 3.90. The van der Waals surface area contributed by atoms with Crippen LogP contribution in [0.15, 0.2) is 27.9 Å². The number of carbonyl (C=O) groups is 2. The Balaban J connectivity index is 2.29. The summed E-state index contributed by atoms with van der Waals surface area (Å²) in [4.78, 5) is 47.7. The lowest BCUT2D eigenvalue weighted by molar-refractivity contribution is -0.168. The van der Waals surface area contributed by atoms with Crippen molar-refractivity contribution in [1.82, 2.24) is 9.55 Å². The van der Waals surface area contributed by atoms with E-state index in [1.54, 1.807) is 13.0 Å². The van der Waals surface area contributed by atoms with E-state index in [4.69, 9.17) is 14.2 Å². The molecule has 1 aromatic rings. The fourth-order valence-corrected chi connectivity index (χ4v) is 2.20. The van der Waals surface area contributed by atoms with Crippen molar-refractivity contribution < 1.29 is 23.8 Å². The van der Waals surface area contributed by atoms with Crippen LogP contribution < -0.4 is 11.2 Å². The van der Waals surface area contributed by atoms with Crippen molar-refractivity contribution in [3.05, 3.63) is 44.8 Å². The molecule has 0 bridgehead atoms. The molecule has 0 aliphatic carbocycles. The van der Waals surface area contributed by atoms with Crippen LogP contribution in [0.25, 0.3) is 0 Å². The summed E-state index contributed by atoms with van der Waals surface area (Å²) >= 11 is 0. The molecular formula is C15H18N2O7. The maximum atomic E-state index is 11.9. The molecule has 0 amide bonds. The Morgan fingerprint density at radius 3 is 2.58 bits per heavy atom. The van der Waals surface area contributed by atoms with Gasteiger partial charge in [0.05, 0.1) is 0 Å². The van der Waals surface area contributed by atoms with E-state index < -0.39 is 41.6 Å². The summed E-state index contributed by atoms with van der Waals surface area (Å²) in [5.41, 5.74) is -0.784. The molecule has 0 aromatic carbocycles. The molecule has 2 heterocycles. The Bertz CT molecular complexity index is 777. The number of aryl methyl sites for hydroxylation is 1. The molecule has 1 aromatic heterocycles. The van der Waals surface area contributed by atoms with E-state index in [-0.39, 0.29) is 6.61 Å². The molecule has 1 aliphatic heterocycles. The van der Waals surface area contributed by atoms with Crippen LogP contribution >= 0.6 is 0 Å². The summed E-state index contributed by atoms with van der Waals surface area (Å²) in [5, 5.41) is 0. The van der Waals surface area contributed by atoms with Crippen LogP contribution in [0.2, 0.25) is 0 Å². The highest BCUT2D eigenvalue weighted by atomic mass is 16.6. The number of ether oxygens (including phenoxy) is 3. The number of carbonyl (C=O) groups excluding carboxylic acids is 2. The Morgan fingerprint density at radius 2 is 1.96 bits per heavy atom. The third-order valence-electron chi connectivity index (χ3n) is 3.32. The van der Waals surface area contributed by atoms with Crippen molar-refractivity contribution in [3.8, 4) is 0 Å². The van der Waals surface area contributed by atoms with Crippen molar-refractivity contribution in [2.45, 2.75) is 39.2 Å². The van der Waals surface area contributed by atoms with E-state index in [0.717, 1.165) is 0 Å². The van der Waals surface area contributed by atoms with Gasteiger partial charge in [0, 0.05) is 25.6 Å². The van der Waals surface area contributed by atoms with Crippen molar-refractivity contribution in [2.24, 2.45) is 0 Å². The minimum atomic E-state index is -0.833. The minimum Gasteiger partial charge on any atom is -0.463 e. The first-order chi connectivity index (χ1) is 11.3. The number of aromatic nitrogens is 2. The van der Waals surface area contributed by atoms with Crippen molar-refractivity contribution in [3.63, 3.8) is 0 Å². The molecule has 0 spiro atoms. The van der Waals surface area contributed by atoms with E-state index in [1.807, 2.05) is 0 Å². The van der Waals surface area contributed by atoms with Gasteiger partial charge in [-0.05, 0) is 19.1 Å². The molecule has 9 nitrogen and oxygen atoms in total. The van der Waals surface area contributed by atoms with Gasteiger partial charge in [-0.3, -0.25) is 23.9 Å². The molecule has 3 atom stereocenters. The lowest BCUT2D eigenvalue weighted by Crippen LogP contribution is -2.43. The molecule has 24 heavy (non-hydrogen) atoms. The molecule has 9 heteroatoms. The highest BCUT2D eigenvalue weighted by molar-refractivity contribution is 5.66. The summed E-state index contributed by atoms with van der Waals surface area (Å²) in [6.07, 6.45) is 2.07. The molecule has 0 fully saturated rings. The van der Waals surface area contributed by atoms with Crippen LogP contribution in [0.4, 0.5) is 0 Å². The van der Waals surface area contributed by atoms with Crippen molar-refractivity contribution in [1.29, 1.82) is 0 Å². The van der Waals surface area contributed by atoms with Crippen LogP contribution in [0.5, 0.6) is 0 Å². The average molecular weight is 338 g/mol.